The SMILES string of the molecule is Cn1ccnc1[C@H](O)c1ccc(OCc2ccccc2)cc1. The summed E-state index contributed by atoms with van der Waals surface area (Å²) < 4.78 is 7.55. The van der Waals surface area contributed by atoms with E-state index in [9.17, 15) is 5.11 Å². The number of aromatic nitrogens is 2. The Kier molecular flexibility index (Phi) is 4.21. The number of aliphatic hydroxyl groups excluding tert-OH is 1. The smallest absolute Gasteiger partial charge is 0.142 e. The van der Waals surface area contributed by atoms with Crippen molar-refractivity contribution >= 4 is 0 Å². The van der Waals surface area contributed by atoms with Crippen LogP contribution < -0.4 is 4.74 Å². The number of nitrogens with zero attached hydrogens (tertiary/aromatic N) is 2. The van der Waals surface area contributed by atoms with E-state index >= 15 is 0 Å². The van der Waals surface area contributed by atoms with Crippen molar-refractivity contribution in [3.05, 3.63) is 83.9 Å². The van der Waals surface area contributed by atoms with Crippen LogP contribution in [-0.2, 0) is 13.7 Å². The number of rotatable bonds is 5. The Morgan fingerprint density at radius 3 is 2.45 bits per heavy atom. The average molecular weight is 294 g/mol. The molecule has 1 N–H and O–H groups in total. The minimum absolute atomic E-state index is 0.530. The van der Waals surface area contributed by atoms with Gasteiger partial charge in [-0.2, -0.15) is 0 Å². The van der Waals surface area contributed by atoms with Gasteiger partial charge in [0, 0.05) is 19.4 Å². The molecule has 1 heterocycles. The topological polar surface area (TPSA) is 47.3 Å². The third-order valence-electron chi connectivity index (χ3n) is 3.55. The first-order valence-corrected chi connectivity index (χ1v) is 7.16. The summed E-state index contributed by atoms with van der Waals surface area (Å²) in [5.74, 6) is 1.40. The van der Waals surface area contributed by atoms with E-state index in [1.54, 1.807) is 6.20 Å². The average Bonchev–Trinajstić information content (AvgIpc) is 3.00. The van der Waals surface area contributed by atoms with Gasteiger partial charge in [0.2, 0.25) is 0 Å². The molecular formula is C18H18N2O2. The van der Waals surface area contributed by atoms with Gasteiger partial charge in [-0.05, 0) is 23.3 Å². The van der Waals surface area contributed by atoms with Crippen LogP contribution in [0.3, 0.4) is 0 Å². The zero-order valence-electron chi connectivity index (χ0n) is 12.4. The third-order valence-corrected chi connectivity index (χ3v) is 3.55. The number of imidazole rings is 1. The molecule has 4 nitrogen and oxygen atoms in total. The lowest BCUT2D eigenvalue weighted by Crippen LogP contribution is -2.06. The van der Waals surface area contributed by atoms with Gasteiger partial charge < -0.3 is 14.4 Å². The van der Waals surface area contributed by atoms with E-state index < -0.39 is 6.10 Å². The minimum Gasteiger partial charge on any atom is -0.489 e. The molecule has 4 heteroatoms. The van der Waals surface area contributed by atoms with Crippen molar-refractivity contribution in [1.82, 2.24) is 9.55 Å². The molecule has 0 aliphatic carbocycles. The van der Waals surface area contributed by atoms with Gasteiger partial charge in [-0.15, -0.1) is 0 Å². The van der Waals surface area contributed by atoms with Crippen LogP contribution in [0, 0.1) is 0 Å². The van der Waals surface area contributed by atoms with E-state index in [0.29, 0.717) is 12.4 Å². The first-order valence-electron chi connectivity index (χ1n) is 7.16. The Balaban J connectivity index is 1.66. The fraction of sp³-hybridized carbons (Fsp3) is 0.167. The van der Waals surface area contributed by atoms with Crippen LogP contribution in [0.15, 0.2) is 67.0 Å². The van der Waals surface area contributed by atoms with Crippen molar-refractivity contribution in [3.63, 3.8) is 0 Å². The first-order chi connectivity index (χ1) is 10.7. The van der Waals surface area contributed by atoms with Gasteiger partial charge in [-0.3, -0.25) is 0 Å². The molecule has 0 amide bonds. The van der Waals surface area contributed by atoms with E-state index in [-0.39, 0.29) is 0 Å². The Hall–Kier alpha value is -2.59. The summed E-state index contributed by atoms with van der Waals surface area (Å²) in [5.41, 5.74) is 1.92. The van der Waals surface area contributed by atoms with Crippen LogP contribution in [0.4, 0.5) is 0 Å². The number of aryl methyl sites for hydroxylation is 1. The first kappa shape index (κ1) is 14.4. The summed E-state index contributed by atoms with van der Waals surface area (Å²) in [7, 11) is 1.86. The molecule has 1 atom stereocenters. The molecule has 22 heavy (non-hydrogen) atoms. The molecule has 3 aromatic rings. The molecule has 0 aliphatic rings. The molecule has 0 unspecified atom stereocenters. The minimum atomic E-state index is -0.733. The van der Waals surface area contributed by atoms with Crippen molar-refractivity contribution in [2.45, 2.75) is 12.7 Å². The van der Waals surface area contributed by atoms with E-state index in [0.717, 1.165) is 16.9 Å². The van der Waals surface area contributed by atoms with Crippen LogP contribution in [0.25, 0.3) is 0 Å². The summed E-state index contributed by atoms with van der Waals surface area (Å²) >= 11 is 0. The van der Waals surface area contributed by atoms with Crippen LogP contribution >= 0.6 is 0 Å². The lowest BCUT2D eigenvalue weighted by molar-refractivity contribution is 0.206. The third kappa shape index (κ3) is 3.18. The van der Waals surface area contributed by atoms with Crippen LogP contribution in [-0.4, -0.2) is 14.7 Å². The maximum absolute atomic E-state index is 10.3. The second-order valence-electron chi connectivity index (χ2n) is 5.14. The maximum atomic E-state index is 10.3. The molecular weight excluding hydrogens is 276 g/mol. The quantitative estimate of drug-likeness (QED) is 0.786. The van der Waals surface area contributed by atoms with Gasteiger partial charge in [0.1, 0.15) is 24.3 Å². The Morgan fingerprint density at radius 1 is 1.09 bits per heavy atom. The zero-order valence-corrected chi connectivity index (χ0v) is 12.4. The van der Waals surface area contributed by atoms with E-state index in [4.69, 9.17) is 4.74 Å². The highest BCUT2D eigenvalue weighted by molar-refractivity contribution is 5.31. The molecule has 0 spiro atoms. The molecule has 0 saturated carbocycles. The van der Waals surface area contributed by atoms with Crippen molar-refractivity contribution < 1.29 is 9.84 Å². The highest BCUT2D eigenvalue weighted by Gasteiger charge is 2.14. The predicted molar refractivity (Wildman–Crippen MR) is 84.5 cm³/mol. The standard InChI is InChI=1S/C18H18N2O2/c1-20-12-11-19-18(20)17(21)15-7-9-16(10-8-15)22-13-14-5-3-2-4-6-14/h2-12,17,21H,13H2,1H3/t17-/m1/s1. The molecule has 2 aromatic carbocycles. The number of ether oxygens (including phenoxy) is 1. The molecule has 0 aliphatic heterocycles. The van der Waals surface area contributed by atoms with E-state index in [2.05, 4.69) is 4.98 Å². The van der Waals surface area contributed by atoms with Gasteiger partial charge >= 0.3 is 0 Å². The molecule has 3 rings (SSSR count). The lowest BCUT2D eigenvalue weighted by atomic mass is 10.1. The Bertz CT molecular complexity index is 720. The lowest BCUT2D eigenvalue weighted by Gasteiger charge is -2.12. The van der Waals surface area contributed by atoms with Crippen molar-refractivity contribution in [1.29, 1.82) is 0 Å². The monoisotopic (exact) mass is 294 g/mol. The number of aliphatic hydroxyl groups is 1. The second-order valence-corrected chi connectivity index (χ2v) is 5.14. The summed E-state index contributed by atoms with van der Waals surface area (Å²) in [4.78, 5) is 4.17. The largest absolute Gasteiger partial charge is 0.489 e. The van der Waals surface area contributed by atoms with E-state index in [1.165, 1.54) is 0 Å². The second kappa shape index (κ2) is 6.45. The molecule has 0 bridgehead atoms. The van der Waals surface area contributed by atoms with Crippen molar-refractivity contribution in [2.24, 2.45) is 7.05 Å². The molecule has 112 valence electrons. The highest BCUT2D eigenvalue weighted by atomic mass is 16.5. The van der Waals surface area contributed by atoms with Gasteiger partial charge in [-0.1, -0.05) is 42.5 Å². The summed E-state index contributed by atoms with van der Waals surface area (Å²) in [6, 6.07) is 17.5. The van der Waals surface area contributed by atoms with Crippen LogP contribution in [0.1, 0.15) is 23.1 Å². The van der Waals surface area contributed by atoms with Gasteiger partial charge in [0.15, 0.2) is 0 Å². The number of hydrogen-bond donors (Lipinski definition) is 1. The summed E-state index contributed by atoms with van der Waals surface area (Å²) in [6.07, 6.45) is 2.76. The van der Waals surface area contributed by atoms with Crippen molar-refractivity contribution in [3.8, 4) is 5.75 Å². The fourth-order valence-corrected chi connectivity index (χ4v) is 2.28. The van der Waals surface area contributed by atoms with Gasteiger partial charge in [0.25, 0.3) is 0 Å². The summed E-state index contributed by atoms with van der Waals surface area (Å²) in [5, 5.41) is 10.3. The predicted octanol–water partition coefficient (Wildman–Crippen LogP) is 3.08. The summed E-state index contributed by atoms with van der Waals surface area (Å²) in [6.45, 7) is 0.530. The van der Waals surface area contributed by atoms with Crippen LogP contribution in [0.2, 0.25) is 0 Å². The van der Waals surface area contributed by atoms with Gasteiger partial charge in [0.05, 0.1) is 0 Å². The van der Waals surface area contributed by atoms with Gasteiger partial charge in [-0.25, -0.2) is 4.98 Å². The normalized spacial score (nSPS) is 12.1. The molecule has 0 radical (unpaired) electrons. The molecule has 0 fully saturated rings. The van der Waals surface area contributed by atoms with Crippen LogP contribution in [0.5, 0.6) is 5.75 Å². The maximum Gasteiger partial charge on any atom is 0.142 e. The fourth-order valence-electron chi connectivity index (χ4n) is 2.28. The molecule has 1 aromatic heterocycles. The number of hydrogen-bond acceptors (Lipinski definition) is 3. The zero-order chi connectivity index (χ0) is 15.4. The molecule has 0 saturated heterocycles. The number of benzene rings is 2. The highest BCUT2D eigenvalue weighted by Crippen LogP contribution is 2.23. The van der Waals surface area contributed by atoms with E-state index in [1.807, 2.05) is 72.4 Å². The Morgan fingerprint density at radius 2 is 1.82 bits per heavy atom. The van der Waals surface area contributed by atoms with Crippen molar-refractivity contribution in [2.75, 3.05) is 0 Å². The Labute approximate surface area is 129 Å².